The van der Waals surface area contributed by atoms with E-state index in [1.165, 1.54) is 13.8 Å². The molecular weight excluding hydrogens is 216 g/mol. The van der Waals surface area contributed by atoms with Crippen molar-refractivity contribution in [2.45, 2.75) is 45.2 Å². The summed E-state index contributed by atoms with van der Waals surface area (Å²) in [5.74, 6) is -0.858. The third-order valence-corrected chi connectivity index (χ3v) is 2.21. The highest BCUT2D eigenvalue weighted by Gasteiger charge is 2.33. The fourth-order valence-electron chi connectivity index (χ4n) is 1.54. The Labute approximate surface area is 93.5 Å². The van der Waals surface area contributed by atoms with E-state index in [2.05, 4.69) is 0 Å². The smallest absolute Gasteiger partial charge is 0.302 e. The molecule has 0 aromatic carbocycles. The Morgan fingerprint density at radius 1 is 1.31 bits per heavy atom. The van der Waals surface area contributed by atoms with Gasteiger partial charge in [0.15, 0.2) is 6.29 Å². The number of ether oxygens (including phenoxy) is 3. The fourth-order valence-corrected chi connectivity index (χ4v) is 1.54. The molecular formula is C10H16O6. The molecule has 92 valence electrons. The largest absolute Gasteiger partial charge is 0.463 e. The molecule has 1 aliphatic rings. The third-order valence-electron chi connectivity index (χ3n) is 2.21. The lowest BCUT2D eigenvalue weighted by Gasteiger charge is -2.33. The van der Waals surface area contributed by atoms with Crippen molar-refractivity contribution in [1.29, 1.82) is 0 Å². The molecule has 1 N–H and O–H groups in total. The maximum absolute atomic E-state index is 10.8. The molecule has 0 amide bonds. The van der Waals surface area contributed by atoms with Crippen molar-refractivity contribution >= 4 is 11.9 Å². The van der Waals surface area contributed by atoms with E-state index < -0.39 is 30.4 Å². The van der Waals surface area contributed by atoms with Gasteiger partial charge in [0.1, 0.15) is 18.8 Å². The Morgan fingerprint density at radius 3 is 2.56 bits per heavy atom. The first-order valence-electron chi connectivity index (χ1n) is 5.13. The number of aliphatic hydroxyl groups is 1. The topological polar surface area (TPSA) is 82.1 Å². The quantitative estimate of drug-likeness (QED) is 0.688. The van der Waals surface area contributed by atoms with Gasteiger partial charge in [-0.25, -0.2) is 0 Å². The standard InChI is InChI=1S/C10H16O6/c1-6(11)14-5-9-8(15-7(2)12)3-4-10(13)16-9/h8-10,13H,3-5H2,1-2H3/t8-,9+,10+/m0/s1. The van der Waals surface area contributed by atoms with Crippen molar-refractivity contribution in [2.75, 3.05) is 6.61 Å². The summed E-state index contributed by atoms with van der Waals surface area (Å²) >= 11 is 0. The van der Waals surface area contributed by atoms with Crippen LogP contribution in [0.3, 0.4) is 0 Å². The van der Waals surface area contributed by atoms with Crippen LogP contribution in [0.5, 0.6) is 0 Å². The molecule has 1 rings (SSSR count). The van der Waals surface area contributed by atoms with Crippen molar-refractivity contribution in [2.24, 2.45) is 0 Å². The minimum Gasteiger partial charge on any atom is -0.463 e. The third kappa shape index (κ3) is 4.16. The highest BCUT2D eigenvalue weighted by molar-refractivity contribution is 5.66. The van der Waals surface area contributed by atoms with Crippen LogP contribution in [-0.4, -0.2) is 42.1 Å². The maximum Gasteiger partial charge on any atom is 0.302 e. The number of carbonyl (C=O) groups is 2. The summed E-state index contributed by atoms with van der Waals surface area (Å²) in [6.45, 7) is 2.55. The summed E-state index contributed by atoms with van der Waals surface area (Å²) in [6.07, 6.45) is -1.08. The number of hydrogen-bond acceptors (Lipinski definition) is 6. The summed E-state index contributed by atoms with van der Waals surface area (Å²) < 4.78 is 14.9. The maximum atomic E-state index is 10.8. The minimum atomic E-state index is -0.896. The van der Waals surface area contributed by atoms with Crippen LogP contribution in [0, 0.1) is 0 Å². The summed E-state index contributed by atoms with van der Waals surface area (Å²) in [5.41, 5.74) is 0. The lowest BCUT2D eigenvalue weighted by molar-refractivity contribution is -0.221. The second-order valence-corrected chi connectivity index (χ2v) is 3.66. The molecule has 6 nitrogen and oxygen atoms in total. The predicted molar refractivity (Wildman–Crippen MR) is 52.3 cm³/mol. The van der Waals surface area contributed by atoms with Gasteiger partial charge in [-0.2, -0.15) is 0 Å². The van der Waals surface area contributed by atoms with Crippen LogP contribution in [0.15, 0.2) is 0 Å². The Bertz CT molecular complexity index is 264. The van der Waals surface area contributed by atoms with Gasteiger partial charge in [-0.15, -0.1) is 0 Å². The Morgan fingerprint density at radius 2 is 2.00 bits per heavy atom. The Kier molecular flexibility index (Phi) is 4.70. The first-order chi connectivity index (χ1) is 7.49. The van der Waals surface area contributed by atoms with E-state index in [0.29, 0.717) is 12.8 Å². The molecule has 1 saturated heterocycles. The van der Waals surface area contributed by atoms with Gasteiger partial charge in [0.05, 0.1) is 0 Å². The average molecular weight is 232 g/mol. The summed E-state index contributed by atoms with van der Waals surface area (Å²) in [6, 6.07) is 0. The Hall–Kier alpha value is -1.14. The van der Waals surface area contributed by atoms with Gasteiger partial charge in [-0.3, -0.25) is 9.59 Å². The van der Waals surface area contributed by atoms with Gasteiger partial charge in [0.25, 0.3) is 0 Å². The molecule has 1 aliphatic heterocycles. The molecule has 0 bridgehead atoms. The van der Waals surface area contributed by atoms with Gasteiger partial charge in [0, 0.05) is 20.3 Å². The molecule has 6 heteroatoms. The van der Waals surface area contributed by atoms with Gasteiger partial charge in [-0.05, 0) is 6.42 Å². The number of carbonyl (C=O) groups excluding carboxylic acids is 2. The molecule has 0 saturated carbocycles. The minimum absolute atomic E-state index is 0.0235. The van der Waals surface area contributed by atoms with Crippen LogP contribution in [0.25, 0.3) is 0 Å². The van der Waals surface area contributed by atoms with E-state index in [-0.39, 0.29) is 6.61 Å². The van der Waals surface area contributed by atoms with Crippen molar-refractivity contribution < 1.29 is 28.9 Å². The lowest BCUT2D eigenvalue weighted by Crippen LogP contribution is -2.44. The normalized spacial score (nSPS) is 29.6. The summed E-state index contributed by atoms with van der Waals surface area (Å²) in [7, 11) is 0. The molecule has 0 unspecified atom stereocenters. The van der Waals surface area contributed by atoms with Gasteiger partial charge < -0.3 is 19.3 Å². The van der Waals surface area contributed by atoms with E-state index in [0.717, 1.165) is 0 Å². The zero-order valence-electron chi connectivity index (χ0n) is 9.34. The SMILES string of the molecule is CC(=O)OC[C@H]1O[C@@H](O)CC[C@@H]1OC(C)=O. The number of rotatable bonds is 3. The summed E-state index contributed by atoms with van der Waals surface area (Å²) in [4.78, 5) is 21.5. The summed E-state index contributed by atoms with van der Waals surface area (Å²) in [5, 5.41) is 9.29. The van der Waals surface area contributed by atoms with Crippen molar-refractivity contribution in [3.63, 3.8) is 0 Å². The number of aliphatic hydroxyl groups excluding tert-OH is 1. The number of esters is 2. The molecule has 1 heterocycles. The van der Waals surface area contributed by atoms with Crippen LogP contribution in [0.1, 0.15) is 26.7 Å². The van der Waals surface area contributed by atoms with Crippen LogP contribution in [0.4, 0.5) is 0 Å². The van der Waals surface area contributed by atoms with Crippen LogP contribution >= 0.6 is 0 Å². The predicted octanol–water partition coefficient (Wildman–Crippen LogP) is -0.0214. The van der Waals surface area contributed by atoms with E-state index in [1.807, 2.05) is 0 Å². The van der Waals surface area contributed by atoms with Crippen LogP contribution < -0.4 is 0 Å². The monoisotopic (exact) mass is 232 g/mol. The molecule has 0 aromatic heterocycles. The molecule has 0 spiro atoms. The van der Waals surface area contributed by atoms with Gasteiger partial charge in [0.2, 0.25) is 0 Å². The molecule has 1 fully saturated rings. The van der Waals surface area contributed by atoms with Crippen LogP contribution in [-0.2, 0) is 23.8 Å². The van der Waals surface area contributed by atoms with E-state index in [1.54, 1.807) is 0 Å². The molecule has 0 radical (unpaired) electrons. The van der Waals surface area contributed by atoms with Crippen LogP contribution in [0.2, 0.25) is 0 Å². The average Bonchev–Trinajstić information content (AvgIpc) is 2.17. The second-order valence-electron chi connectivity index (χ2n) is 3.66. The Balaban J connectivity index is 2.50. The van der Waals surface area contributed by atoms with E-state index >= 15 is 0 Å². The lowest BCUT2D eigenvalue weighted by atomic mass is 10.1. The first-order valence-corrected chi connectivity index (χ1v) is 5.13. The molecule has 3 atom stereocenters. The highest BCUT2D eigenvalue weighted by atomic mass is 16.6. The second kappa shape index (κ2) is 5.81. The fraction of sp³-hybridized carbons (Fsp3) is 0.800. The van der Waals surface area contributed by atoms with Gasteiger partial charge in [-0.1, -0.05) is 0 Å². The van der Waals surface area contributed by atoms with Gasteiger partial charge >= 0.3 is 11.9 Å². The first kappa shape index (κ1) is 12.9. The van der Waals surface area contributed by atoms with Crippen molar-refractivity contribution in [3.05, 3.63) is 0 Å². The van der Waals surface area contributed by atoms with Crippen molar-refractivity contribution in [1.82, 2.24) is 0 Å². The zero-order valence-corrected chi connectivity index (χ0v) is 9.34. The molecule has 0 aliphatic carbocycles. The van der Waals surface area contributed by atoms with E-state index in [9.17, 15) is 14.7 Å². The molecule has 16 heavy (non-hydrogen) atoms. The zero-order chi connectivity index (χ0) is 12.1. The molecule has 0 aromatic rings. The van der Waals surface area contributed by atoms with Crippen molar-refractivity contribution in [3.8, 4) is 0 Å². The highest BCUT2D eigenvalue weighted by Crippen LogP contribution is 2.21. The van der Waals surface area contributed by atoms with E-state index in [4.69, 9.17) is 14.2 Å². The number of hydrogen-bond donors (Lipinski definition) is 1.